The third-order valence-electron chi connectivity index (χ3n) is 3.14. The zero-order chi connectivity index (χ0) is 15.6. The van der Waals surface area contributed by atoms with E-state index >= 15 is 0 Å². The molecule has 0 spiro atoms. The van der Waals surface area contributed by atoms with Crippen LogP contribution in [0, 0.1) is 16.7 Å². The number of ketones is 1. The number of carbonyl (C=O) groups excluding carboxylic acids is 1. The van der Waals surface area contributed by atoms with Gasteiger partial charge in [0.25, 0.3) is 0 Å². The minimum Gasteiger partial charge on any atom is -0.506 e. The number of carbonyl (C=O) groups is 1. The van der Waals surface area contributed by atoms with Crippen molar-refractivity contribution < 1.29 is 9.90 Å². The number of pyridine rings is 1. The van der Waals surface area contributed by atoms with Crippen LogP contribution in [0.3, 0.4) is 0 Å². The van der Waals surface area contributed by atoms with Gasteiger partial charge in [-0.3, -0.25) is 9.78 Å². The first-order chi connectivity index (χ1) is 9.86. The van der Waals surface area contributed by atoms with E-state index < -0.39 is 11.2 Å². The zero-order valence-corrected chi connectivity index (χ0v) is 12.2. The van der Waals surface area contributed by atoms with E-state index in [0.29, 0.717) is 11.1 Å². The van der Waals surface area contributed by atoms with Gasteiger partial charge in [-0.05, 0) is 12.1 Å². The lowest BCUT2D eigenvalue weighted by molar-refractivity contribution is -0.122. The number of rotatable bonds is 2. The summed E-state index contributed by atoms with van der Waals surface area (Å²) in [5.41, 5.74) is -0.0216. The average molecular weight is 280 g/mol. The monoisotopic (exact) mass is 280 g/mol. The summed E-state index contributed by atoms with van der Waals surface area (Å²) in [5, 5.41) is 20.5. The molecule has 0 aliphatic rings. The maximum Gasteiger partial charge on any atom is 0.182 e. The third-order valence-corrected chi connectivity index (χ3v) is 3.14. The van der Waals surface area contributed by atoms with Gasteiger partial charge in [0.15, 0.2) is 5.78 Å². The molecule has 0 saturated carbocycles. The lowest BCUT2D eigenvalue weighted by atomic mass is 9.85. The summed E-state index contributed by atoms with van der Waals surface area (Å²) in [6.45, 7) is 5.13. The number of fused-ring (bicyclic) bond motifs is 1. The van der Waals surface area contributed by atoms with Gasteiger partial charge >= 0.3 is 0 Å². The normalized spacial score (nSPS) is 12.7. The number of aliphatic hydroxyl groups is 1. The van der Waals surface area contributed by atoms with E-state index in [9.17, 15) is 15.2 Å². The Morgan fingerprint density at radius 2 is 1.90 bits per heavy atom. The number of hydrogen-bond acceptors (Lipinski definition) is 4. The minimum atomic E-state index is -0.739. The van der Waals surface area contributed by atoms with Crippen molar-refractivity contribution in [3.8, 4) is 6.07 Å². The van der Waals surface area contributed by atoms with Crippen molar-refractivity contribution in [2.24, 2.45) is 5.41 Å². The Hall–Kier alpha value is -2.67. The van der Waals surface area contributed by atoms with Crippen LogP contribution >= 0.6 is 0 Å². The molecular weight excluding hydrogens is 264 g/mol. The molecule has 0 aliphatic heterocycles. The van der Waals surface area contributed by atoms with Gasteiger partial charge in [0.1, 0.15) is 17.4 Å². The number of aromatic nitrogens is 1. The highest BCUT2D eigenvalue weighted by atomic mass is 16.3. The summed E-state index contributed by atoms with van der Waals surface area (Å²) in [6, 6.07) is 10.7. The van der Waals surface area contributed by atoms with Crippen LogP contribution in [0.4, 0.5) is 0 Å². The van der Waals surface area contributed by atoms with Crippen molar-refractivity contribution in [2.45, 2.75) is 20.8 Å². The lowest BCUT2D eigenvalue weighted by Gasteiger charge is -2.16. The molecule has 21 heavy (non-hydrogen) atoms. The largest absolute Gasteiger partial charge is 0.506 e. The van der Waals surface area contributed by atoms with Gasteiger partial charge in [-0.2, -0.15) is 5.26 Å². The molecule has 1 aromatic heterocycles. The van der Waals surface area contributed by atoms with Gasteiger partial charge < -0.3 is 5.11 Å². The minimum absolute atomic E-state index is 0.236. The molecule has 0 saturated heterocycles. The van der Waals surface area contributed by atoms with Crippen LogP contribution < -0.4 is 0 Å². The van der Waals surface area contributed by atoms with E-state index in [-0.39, 0.29) is 11.3 Å². The maximum atomic E-state index is 12.3. The fourth-order valence-electron chi connectivity index (χ4n) is 2.02. The summed E-state index contributed by atoms with van der Waals surface area (Å²) in [7, 11) is 0. The molecule has 1 aromatic carbocycles. The molecule has 106 valence electrons. The summed E-state index contributed by atoms with van der Waals surface area (Å²) < 4.78 is 0. The first-order valence-corrected chi connectivity index (χ1v) is 6.58. The zero-order valence-electron chi connectivity index (χ0n) is 12.2. The van der Waals surface area contributed by atoms with E-state index in [1.165, 1.54) is 0 Å². The number of nitrogens with zero attached hydrogens (tertiary/aromatic N) is 2. The number of para-hydroxylation sites is 1. The van der Waals surface area contributed by atoms with Crippen molar-refractivity contribution in [1.29, 1.82) is 5.26 Å². The summed E-state index contributed by atoms with van der Waals surface area (Å²) in [5.74, 6) is -0.711. The second-order valence-electron chi connectivity index (χ2n) is 5.80. The Labute approximate surface area is 123 Å². The van der Waals surface area contributed by atoms with E-state index in [0.717, 1.165) is 5.39 Å². The topological polar surface area (TPSA) is 74.0 Å². The number of aliphatic hydroxyl groups excluding tert-OH is 1. The second kappa shape index (κ2) is 5.37. The summed E-state index contributed by atoms with van der Waals surface area (Å²) in [4.78, 5) is 16.5. The highest BCUT2D eigenvalue weighted by Gasteiger charge is 2.28. The summed E-state index contributed by atoms with van der Waals surface area (Å²) in [6.07, 6.45) is 1.61. The van der Waals surface area contributed by atoms with E-state index in [4.69, 9.17) is 0 Å². The number of hydrogen-bond donors (Lipinski definition) is 1. The Kier molecular flexibility index (Phi) is 3.77. The molecule has 1 heterocycles. The first-order valence-electron chi connectivity index (χ1n) is 6.58. The van der Waals surface area contributed by atoms with Gasteiger partial charge in [-0.25, -0.2) is 0 Å². The molecule has 0 atom stereocenters. The third kappa shape index (κ3) is 2.77. The van der Waals surface area contributed by atoms with Gasteiger partial charge in [-0.15, -0.1) is 0 Å². The number of allylic oxidation sites excluding steroid dienone is 1. The van der Waals surface area contributed by atoms with Crippen LogP contribution in [0.2, 0.25) is 0 Å². The van der Waals surface area contributed by atoms with Crippen LogP contribution in [0.25, 0.3) is 16.7 Å². The van der Waals surface area contributed by atoms with Crippen molar-refractivity contribution >= 4 is 22.4 Å². The van der Waals surface area contributed by atoms with Crippen LogP contribution in [-0.2, 0) is 4.79 Å². The quantitative estimate of drug-likeness (QED) is 0.517. The Bertz CT molecular complexity index is 772. The van der Waals surface area contributed by atoms with Gasteiger partial charge in [0.05, 0.1) is 5.52 Å². The fourth-order valence-corrected chi connectivity index (χ4v) is 2.02. The maximum absolute atomic E-state index is 12.3. The van der Waals surface area contributed by atoms with Crippen molar-refractivity contribution in [2.75, 3.05) is 0 Å². The van der Waals surface area contributed by atoms with Crippen molar-refractivity contribution in [3.63, 3.8) is 0 Å². The molecule has 4 heteroatoms. The highest BCUT2D eigenvalue weighted by molar-refractivity contribution is 6.09. The Morgan fingerprint density at radius 3 is 2.52 bits per heavy atom. The second-order valence-corrected chi connectivity index (χ2v) is 5.80. The standard InChI is InChI=1S/C17H16N2O2/c1-17(2,3)16(21)13(10-18)15(20)12-8-4-6-11-7-5-9-19-14(11)12/h4-9,20H,1-3H3. The molecule has 0 unspecified atom stereocenters. The number of benzene rings is 1. The van der Waals surface area contributed by atoms with E-state index in [1.54, 1.807) is 45.2 Å². The van der Waals surface area contributed by atoms with Crippen LogP contribution in [0.5, 0.6) is 0 Å². The molecule has 1 N–H and O–H groups in total. The lowest BCUT2D eigenvalue weighted by Crippen LogP contribution is -2.22. The number of Topliss-reactive ketones (excluding diaryl/α,β-unsaturated/α-hetero) is 1. The molecule has 2 rings (SSSR count). The van der Waals surface area contributed by atoms with Crippen molar-refractivity contribution in [1.82, 2.24) is 4.98 Å². The average Bonchev–Trinajstić information content (AvgIpc) is 2.46. The molecule has 0 radical (unpaired) electrons. The Balaban J connectivity index is 2.70. The molecule has 0 bridgehead atoms. The molecule has 0 fully saturated rings. The van der Waals surface area contributed by atoms with Crippen LogP contribution in [0.15, 0.2) is 42.1 Å². The SMILES string of the molecule is CC(C)(C)C(=O)C(C#N)=C(O)c1cccc2cccnc12. The van der Waals surface area contributed by atoms with Gasteiger partial charge in [0, 0.05) is 22.6 Å². The van der Waals surface area contributed by atoms with Crippen molar-refractivity contribution in [3.05, 3.63) is 47.7 Å². The summed E-state index contributed by atoms with van der Waals surface area (Å²) >= 11 is 0. The van der Waals surface area contributed by atoms with Gasteiger partial charge in [-0.1, -0.05) is 39.0 Å². The van der Waals surface area contributed by atoms with E-state index in [1.807, 2.05) is 18.2 Å². The van der Waals surface area contributed by atoms with Gasteiger partial charge in [0.2, 0.25) is 0 Å². The van der Waals surface area contributed by atoms with Crippen LogP contribution in [0.1, 0.15) is 26.3 Å². The molecule has 2 aromatic rings. The number of nitriles is 1. The molecule has 4 nitrogen and oxygen atoms in total. The molecule has 0 aliphatic carbocycles. The molecule has 0 amide bonds. The first kappa shape index (κ1) is 14.7. The molecular formula is C17H16N2O2. The Morgan fingerprint density at radius 1 is 1.24 bits per heavy atom. The smallest absolute Gasteiger partial charge is 0.182 e. The predicted octanol–water partition coefficient (Wildman–Crippen LogP) is 3.64. The highest BCUT2D eigenvalue weighted by Crippen LogP contribution is 2.28. The fraction of sp³-hybridized carbons (Fsp3) is 0.235. The van der Waals surface area contributed by atoms with Crippen LogP contribution in [-0.4, -0.2) is 15.9 Å². The predicted molar refractivity (Wildman–Crippen MR) is 81.4 cm³/mol. The van der Waals surface area contributed by atoms with E-state index in [2.05, 4.69) is 4.98 Å².